The third-order valence-corrected chi connectivity index (χ3v) is 10.2. The van der Waals surface area contributed by atoms with Gasteiger partial charge in [0, 0.05) is 35.1 Å². The van der Waals surface area contributed by atoms with E-state index in [1.54, 1.807) is 4.57 Å². The summed E-state index contributed by atoms with van der Waals surface area (Å²) < 4.78 is 9.55. The van der Waals surface area contributed by atoms with Crippen LogP contribution in [0.4, 0.5) is 4.79 Å². The van der Waals surface area contributed by atoms with E-state index in [1.165, 1.54) is 30.9 Å². The van der Waals surface area contributed by atoms with Gasteiger partial charge in [-0.15, -0.1) is 5.10 Å². The monoisotopic (exact) mass is 581 g/mol. The minimum absolute atomic E-state index is 0.325. The van der Waals surface area contributed by atoms with Crippen LogP contribution >= 0.6 is 0 Å². The number of benzene rings is 2. The number of hydrogen-bond acceptors (Lipinski definition) is 6. The maximum Gasteiger partial charge on any atom is 0.419 e. The van der Waals surface area contributed by atoms with Gasteiger partial charge in [0.25, 0.3) is 0 Å². The molecular formula is C32H39N7O2Si. The zero-order valence-corrected chi connectivity index (χ0v) is 26.4. The zero-order valence-electron chi connectivity index (χ0n) is 25.0. The fraction of sp³-hybridized carbons (Fsp3) is 0.438. The Morgan fingerprint density at radius 1 is 1.12 bits per heavy atom. The van der Waals surface area contributed by atoms with E-state index in [1.807, 2.05) is 37.8 Å². The summed E-state index contributed by atoms with van der Waals surface area (Å²) >= 11 is 0. The zero-order chi connectivity index (χ0) is 29.1. The van der Waals surface area contributed by atoms with Crippen molar-refractivity contribution >= 4 is 42.6 Å². The summed E-state index contributed by atoms with van der Waals surface area (Å²) in [6.07, 6.45) is 8.82. The van der Waals surface area contributed by atoms with E-state index in [0.29, 0.717) is 12.0 Å². The van der Waals surface area contributed by atoms with E-state index in [9.17, 15) is 4.79 Å². The van der Waals surface area contributed by atoms with Gasteiger partial charge >= 0.3 is 6.09 Å². The van der Waals surface area contributed by atoms with E-state index >= 15 is 0 Å². The molecule has 2 fully saturated rings. The normalized spacial score (nSPS) is 17.2. The van der Waals surface area contributed by atoms with Gasteiger partial charge in [-0.25, -0.2) is 14.0 Å². The number of H-pyrrole nitrogens is 1. The summed E-state index contributed by atoms with van der Waals surface area (Å²) in [6.45, 7) is 11.5. The number of aromatic nitrogens is 6. The minimum Gasteiger partial charge on any atom is -0.443 e. The van der Waals surface area contributed by atoms with Crippen LogP contribution in [0.1, 0.15) is 57.7 Å². The number of aromatic amines is 1. The first-order valence-corrected chi connectivity index (χ1v) is 17.3. The Balaban J connectivity index is 1.19. The Morgan fingerprint density at radius 3 is 2.71 bits per heavy atom. The van der Waals surface area contributed by atoms with Crippen molar-refractivity contribution in [2.45, 2.75) is 71.7 Å². The van der Waals surface area contributed by atoms with Crippen LogP contribution in [0.2, 0.25) is 6.55 Å². The molecule has 5 aromatic rings. The lowest BCUT2D eigenvalue weighted by molar-refractivity contribution is 0.0536. The average molecular weight is 582 g/mol. The van der Waals surface area contributed by atoms with Crippen LogP contribution in [0.15, 0.2) is 48.8 Å². The molecule has 1 spiro atoms. The lowest BCUT2D eigenvalue weighted by Crippen LogP contribution is -2.33. The number of nitrogens with zero attached hydrogens (tertiary/aromatic N) is 6. The Morgan fingerprint density at radius 2 is 1.98 bits per heavy atom. The van der Waals surface area contributed by atoms with Gasteiger partial charge in [0.2, 0.25) is 0 Å². The van der Waals surface area contributed by atoms with Gasteiger partial charge < -0.3 is 4.74 Å². The van der Waals surface area contributed by atoms with Crippen molar-refractivity contribution in [3.05, 3.63) is 60.0 Å². The van der Waals surface area contributed by atoms with E-state index < -0.39 is 5.60 Å². The van der Waals surface area contributed by atoms with Crippen molar-refractivity contribution in [1.29, 1.82) is 0 Å². The van der Waals surface area contributed by atoms with Crippen LogP contribution in [0, 0.1) is 5.41 Å². The van der Waals surface area contributed by atoms with Gasteiger partial charge in [0.1, 0.15) is 11.3 Å². The van der Waals surface area contributed by atoms with Crippen molar-refractivity contribution in [1.82, 2.24) is 34.7 Å². The number of carbonyl (C=O) groups is 1. The van der Waals surface area contributed by atoms with Gasteiger partial charge in [0.05, 0.1) is 39.5 Å². The molecule has 9 nitrogen and oxygen atoms in total. The second kappa shape index (κ2) is 10.2. The maximum atomic E-state index is 13.6. The Labute approximate surface area is 248 Å². The van der Waals surface area contributed by atoms with Crippen molar-refractivity contribution in [2.24, 2.45) is 5.41 Å². The topological polar surface area (TPSA) is 93.9 Å². The highest BCUT2D eigenvalue weighted by molar-refractivity contribution is 6.52. The summed E-state index contributed by atoms with van der Waals surface area (Å²) in [4.78, 5) is 16.1. The minimum atomic E-state index is -0.582. The largest absolute Gasteiger partial charge is 0.443 e. The molecule has 42 heavy (non-hydrogen) atoms. The van der Waals surface area contributed by atoms with Crippen LogP contribution in [0.3, 0.4) is 0 Å². The number of carbonyl (C=O) groups excluding carboxylic acids is 1. The second-order valence-electron chi connectivity index (χ2n) is 13.3. The molecule has 0 amide bonds. The van der Waals surface area contributed by atoms with E-state index in [4.69, 9.17) is 4.74 Å². The van der Waals surface area contributed by atoms with Crippen molar-refractivity contribution < 1.29 is 9.53 Å². The maximum absolute atomic E-state index is 13.6. The van der Waals surface area contributed by atoms with Crippen LogP contribution in [-0.4, -0.2) is 69.0 Å². The standard InChI is InChI=1S/C32H39N7O2Si/c1-31(2,3)41-30(40)39-23(18-37-11-10-32(20-37)8-5-9-32)13-22-7-6-21(12-29(22)39)17-38-19-28(35-36-38)25-14-24(42-4)15-27-26(25)16-33-34-27/h6-7,12-16,19H,5,8-11,17-18,20,42H2,1-4H3,(H,33,34). The predicted molar refractivity (Wildman–Crippen MR) is 168 cm³/mol. The lowest BCUT2D eigenvalue weighted by atomic mass is 9.68. The summed E-state index contributed by atoms with van der Waals surface area (Å²) in [7, 11) is -0.339. The SMILES string of the molecule is C[SiH2]c1cc(-c2cn(Cc3ccc4cc(CN5CCC6(CCC6)C5)n(C(=O)OC(C)(C)C)c4c3)nn2)c2cn[nH]c2c1. The lowest BCUT2D eigenvalue weighted by Gasteiger charge is -2.38. The third-order valence-electron chi connectivity index (χ3n) is 9.02. The number of fused-ring (bicyclic) bond motifs is 2. The highest BCUT2D eigenvalue weighted by Crippen LogP contribution is 2.48. The molecule has 0 unspecified atom stereocenters. The fourth-order valence-corrected chi connectivity index (χ4v) is 7.55. The molecule has 7 rings (SSSR count). The first kappa shape index (κ1) is 27.1. The summed E-state index contributed by atoms with van der Waals surface area (Å²) in [6, 6.07) is 12.9. The summed E-state index contributed by atoms with van der Waals surface area (Å²) in [5.41, 5.74) is 5.76. The Kier molecular flexibility index (Phi) is 6.58. The number of ether oxygens (including phenoxy) is 1. The quantitative estimate of drug-likeness (QED) is 0.289. The molecule has 0 radical (unpaired) electrons. The van der Waals surface area contributed by atoms with Crippen molar-refractivity contribution in [3.63, 3.8) is 0 Å². The molecule has 218 valence electrons. The van der Waals surface area contributed by atoms with Gasteiger partial charge in [0.15, 0.2) is 0 Å². The fourth-order valence-electron chi connectivity index (χ4n) is 6.73. The number of likely N-dealkylation sites (tertiary alicyclic amines) is 1. The molecule has 1 aliphatic heterocycles. The van der Waals surface area contributed by atoms with Gasteiger partial charge in [-0.1, -0.05) is 41.6 Å². The van der Waals surface area contributed by atoms with Crippen molar-refractivity contribution in [3.8, 4) is 11.3 Å². The number of rotatable bonds is 6. The van der Waals surface area contributed by atoms with Crippen molar-refractivity contribution in [2.75, 3.05) is 13.1 Å². The van der Waals surface area contributed by atoms with Crippen LogP contribution in [-0.2, 0) is 17.8 Å². The molecular weight excluding hydrogens is 542 g/mol. The van der Waals surface area contributed by atoms with Crippen LogP contribution in [0.5, 0.6) is 0 Å². The van der Waals surface area contributed by atoms with Gasteiger partial charge in [-0.05, 0) is 75.8 Å². The van der Waals surface area contributed by atoms with Crippen LogP contribution < -0.4 is 5.19 Å². The number of nitrogens with one attached hydrogen (secondary N) is 1. The van der Waals surface area contributed by atoms with Crippen LogP contribution in [0.25, 0.3) is 33.1 Å². The Hall–Kier alpha value is -3.76. The van der Waals surface area contributed by atoms with E-state index in [2.05, 4.69) is 68.4 Å². The molecule has 1 N–H and O–H groups in total. The molecule has 2 aromatic carbocycles. The highest BCUT2D eigenvalue weighted by atomic mass is 28.2. The Bertz CT molecular complexity index is 1790. The molecule has 10 heteroatoms. The predicted octanol–water partition coefficient (Wildman–Crippen LogP) is 4.83. The summed E-state index contributed by atoms with van der Waals surface area (Å²) in [5.74, 6) is 0. The molecule has 0 atom stereocenters. The smallest absolute Gasteiger partial charge is 0.419 e. The molecule has 2 aliphatic rings. The first-order chi connectivity index (χ1) is 20.2. The second-order valence-corrected chi connectivity index (χ2v) is 14.8. The molecule has 4 heterocycles. The number of hydrogen-bond donors (Lipinski definition) is 1. The van der Waals surface area contributed by atoms with Gasteiger partial charge in [-0.2, -0.15) is 5.10 Å². The molecule has 1 saturated carbocycles. The van der Waals surface area contributed by atoms with Gasteiger partial charge in [-0.3, -0.25) is 10.00 Å². The molecule has 1 saturated heterocycles. The summed E-state index contributed by atoms with van der Waals surface area (Å²) in [5, 5.41) is 19.8. The van der Waals surface area contributed by atoms with E-state index in [0.717, 1.165) is 64.0 Å². The average Bonchev–Trinajstić information content (AvgIpc) is 3.72. The molecule has 1 aliphatic carbocycles. The highest BCUT2D eigenvalue weighted by Gasteiger charge is 2.42. The first-order valence-electron chi connectivity index (χ1n) is 15.1. The third kappa shape index (κ3) is 5.07. The molecule has 0 bridgehead atoms. The molecule has 3 aromatic heterocycles. The van der Waals surface area contributed by atoms with E-state index in [-0.39, 0.29) is 15.6 Å².